The number of carbonyl (C=O) groups is 1. The third kappa shape index (κ3) is 6.62. The van der Waals surface area contributed by atoms with Crippen molar-refractivity contribution in [1.29, 1.82) is 0 Å². The summed E-state index contributed by atoms with van der Waals surface area (Å²) in [6, 6.07) is 11.3. The second-order valence-corrected chi connectivity index (χ2v) is 5.59. The van der Waals surface area contributed by atoms with Crippen LogP contribution < -0.4 is 10.6 Å². The number of nitrogens with one attached hydrogen (secondary N) is 2. The van der Waals surface area contributed by atoms with Crippen LogP contribution in [-0.2, 0) is 9.47 Å². The molecule has 0 aliphatic rings. The molecule has 0 aliphatic heterocycles. The van der Waals surface area contributed by atoms with Crippen molar-refractivity contribution in [2.45, 2.75) is 13.0 Å². The average Bonchev–Trinajstić information content (AvgIpc) is 2.65. The van der Waals surface area contributed by atoms with Gasteiger partial charge in [-0.05, 0) is 36.8 Å². The van der Waals surface area contributed by atoms with E-state index in [9.17, 15) is 4.79 Å². The molecule has 0 saturated carbocycles. The van der Waals surface area contributed by atoms with Crippen LogP contribution in [0, 0.1) is 0 Å². The summed E-state index contributed by atoms with van der Waals surface area (Å²) >= 11 is 0. The van der Waals surface area contributed by atoms with Crippen LogP contribution in [0.4, 0.5) is 5.69 Å². The zero-order chi connectivity index (χ0) is 17.9. The number of rotatable bonds is 10. The predicted octanol–water partition coefficient (Wildman–Crippen LogP) is 2.65. The molecule has 25 heavy (non-hydrogen) atoms. The fourth-order valence-electron chi connectivity index (χ4n) is 2.27. The van der Waals surface area contributed by atoms with Crippen LogP contribution in [0.25, 0.3) is 0 Å². The summed E-state index contributed by atoms with van der Waals surface area (Å²) in [6.45, 7) is 4.70. The lowest BCUT2D eigenvalue weighted by molar-refractivity contribution is 0.0712. The molecule has 2 rings (SSSR count). The lowest BCUT2D eigenvalue weighted by Crippen LogP contribution is -2.24. The number of hydrogen-bond donors (Lipinski definition) is 2. The summed E-state index contributed by atoms with van der Waals surface area (Å²) in [7, 11) is 1.66. The Morgan fingerprint density at radius 3 is 2.48 bits per heavy atom. The van der Waals surface area contributed by atoms with Crippen molar-refractivity contribution in [3.05, 3.63) is 59.9 Å². The summed E-state index contributed by atoms with van der Waals surface area (Å²) < 4.78 is 10.3. The van der Waals surface area contributed by atoms with Gasteiger partial charge in [0, 0.05) is 43.3 Å². The van der Waals surface area contributed by atoms with Crippen molar-refractivity contribution >= 4 is 11.6 Å². The first-order valence-electron chi connectivity index (χ1n) is 8.32. The monoisotopic (exact) mass is 343 g/mol. The summed E-state index contributed by atoms with van der Waals surface area (Å²) in [4.78, 5) is 16.1. The van der Waals surface area contributed by atoms with Crippen molar-refractivity contribution in [1.82, 2.24) is 10.3 Å². The molecule has 0 aliphatic carbocycles. The highest BCUT2D eigenvalue weighted by molar-refractivity contribution is 6.04. The van der Waals surface area contributed by atoms with E-state index in [0.29, 0.717) is 25.4 Å². The number of nitrogens with zero attached hydrogens (tertiary/aromatic N) is 1. The van der Waals surface area contributed by atoms with Gasteiger partial charge in [-0.25, -0.2) is 0 Å². The van der Waals surface area contributed by atoms with Crippen LogP contribution in [0.1, 0.15) is 28.9 Å². The van der Waals surface area contributed by atoms with Gasteiger partial charge in [0.05, 0.1) is 19.8 Å². The highest BCUT2D eigenvalue weighted by atomic mass is 16.5. The van der Waals surface area contributed by atoms with Gasteiger partial charge in [0.25, 0.3) is 5.91 Å². The molecule has 0 spiro atoms. The van der Waals surface area contributed by atoms with E-state index in [-0.39, 0.29) is 11.9 Å². The van der Waals surface area contributed by atoms with E-state index in [0.717, 1.165) is 17.8 Å². The van der Waals surface area contributed by atoms with Gasteiger partial charge in [-0.2, -0.15) is 0 Å². The Kier molecular flexibility index (Phi) is 8.04. The standard InChI is InChI=1S/C19H25N3O3/c1-15(21-11-12-25-14-13-24-2)16-3-5-17(6-4-16)19(23)22-18-7-9-20-10-8-18/h3-10,15,21H,11-14H2,1-2H3,(H,20,22,23)/t15-/m1/s1. The minimum atomic E-state index is -0.134. The lowest BCUT2D eigenvalue weighted by atomic mass is 10.1. The molecule has 0 radical (unpaired) electrons. The molecule has 1 heterocycles. The predicted molar refractivity (Wildman–Crippen MR) is 97.7 cm³/mol. The Labute approximate surface area is 148 Å². The zero-order valence-electron chi connectivity index (χ0n) is 14.7. The van der Waals surface area contributed by atoms with Crippen LogP contribution in [0.3, 0.4) is 0 Å². The number of aromatic nitrogens is 1. The largest absolute Gasteiger partial charge is 0.382 e. The van der Waals surface area contributed by atoms with E-state index in [4.69, 9.17) is 9.47 Å². The summed E-state index contributed by atoms with van der Waals surface area (Å²) in [5.41, 5.74) is 2.47. The molecule has 1 aromatic carbocycles. The minimum Gasteiger partial charge on any atom is -0.382 e. The van der Waals surface area contributed by atoms with Crippen molar-refractivity contribution in [2.75, 3.05) is 38.8 Å². The number of hydrogen-bond acceptors (Lipinski definition) is 5. The number of benzene rings is 1. The first-order chi connectivity index (χ1) is 12.2. The van der Waals surface area contributed by atoms with Crippen molar-refractivity contribution in [3.63, 3.8) is 0 Å². The average molecular weight is 343 g/mol. The number of carbonyl (C=O) groups excluding carboxylic acids is 1. The molecule has 2 N–H and O–H groups in total. The van der Waals surface area contributed by atoms with Crippen molar-refractivity contribution < 1.29 is 14.3 Å². The molecule has 1 atom stereocenters. The Morgan fingerprint density at radius 1 is 1.08 bits per heavy atom. The van der Waals surface area contributed by atoms with Crippen LogP contribution in [0.15, 0.2) is 48.8 Å². The van der Waals surface area contributed by atoms with Crippen LogP contribution in [0.2, 0.25) is 0 Å². The number of pyridine rings is 1. The maximum atomic E-state index is 12.2. The number of amides is 1. The summed E-state index contributed by atoms with van der Waals surface area (Å²) in [5.74, 6) is -0.134. The van der Waals surface area contributed by atoms with Crippen LogP contribution in [-0.4, -0.2) is 44.4 Å². The molecule has 2 aromatic rings. The van der Waals surface area contributed by atoms with Gasteiger partial charge in [0.1, 0.15) is 0 Å². The Bertz CT molecular complexity index is 632. The fraction of sp³-hybridized carbons (Fsp3) is 0.368. The van der Waals surface area contributed by atoms with E-state index in [2.05, 4.69) is 22.5 Å². The molecule has 134 valence electrons. The van der Waals surface area contributed by atoms with Gasteiger partial charge < -0.3 is 20.1 Å². The van der Waals surface area contributed by atoms with Gasteiger partial charge in [-0.1, -0.05) is 12.1 Å². The molecule has 0 saturated heterocycles. The highest BCUT2D eigenvalue weighted by Gasteiger charge is 2.08. The summed E-state index contributed by atoms with van der Waals surface area (Å²) in [5, 5.41) is 6.24. The van der Waals surface area contributed by atoms with E-state index in [1.807, 2.05) is 24.3 Å². The Balaban J connectivity index is 1.79. The van der Waals surface area contributed by atoms with Crippen LogP contribution in [0.5, 0.6) is 0 Å². The second kappa shape index (κ2) is 10.6. The normalized spacial score (nSPS) is 11.9. The third-order valence-electron chi connectivity index (χ3n) is 3.74. The molecule has 6 heteroatoms. The Hall–Kier alpha value is -2.28. The van der Waals surface area contributed by atoms with Crippen LogP contribution >= 0.6 is 0 Å². The molecule has 1 amide bonds. The number of methoxy groups -OCH3 is 1. The maximum Gasteiger partial charge on any atom is 0.255 e. The van der Waals surface area contributed by atoms with Gasteiger partial charge in [0.15, 0.2) is 0 Å². The van der Waals surface area contributed by atoms with E-state index < -0.39 is 0 Å². The minimum absolute atomic E-state index is 0.134. The maximum absolute atomic E-state index is 12.2. The third-order valence-corrected chi connectivity index (χ3v) is 3.74. The SMILES string of the molecule is COCCOCCN[C@H](C)c1ccc(C(=O)Nc2ccncc2)cc1. The van der Waals surface area contributed by atoms with Gasteiger partial charge in [-0.3, -0.25) is 9.78 Å². The Morgan fingerprint density at radius 2 is 1.80 bits per heavy atom. The molecule has 0 fully saturated rings. The van der Waals surface area contributed by atoms with Gasteiger partial charge in [-0.15, -0.1) is 0 Å². The van der Waals surface area contributed by atoms with E-state index >= 15 is 0 Å². The molecule has 6 nitrogen and oxygen atoms in total. The van der Waals surface area contributed by atoms with E-state index in [1.165, 1.54) is 0 Å². The lowest BCUT2D eigenvalue weighted by Gasteiger charge is -2.15. The molecule has 0 bridgehead atoms. The van der Waals surface area contributed by atoms with Gasteiger partial charge >= 0.3 is 0 Å². The summed E-state index contributed by atoms with van der Waals surface area (Å²) in [6.07, 6.45) is 3.29. The smallest absolute Gasteiger partial charge is 0.255 e. The first-order valence-corrected chi connectivity index (χ1v) is 8.32. The number of ether oxygens (including phenoxy) is 2. The van der Waals surface area contributed by atoms with E-state index in [1.54, 1.807) is 31.6 Å². The first kappa shape index (κ1) is 19.1. The number of anilines is 1. The quantitative estimate of drug-likeness (QED) is 0.649. The van der Waals surface area contributed by atoms with Crippen molar-refractivity contribution in [3.8, 4) is 0 Å². The topological polar surface area (TPSA) is 72.5 Å². The fourth-order valence-corrected chi connectivity index (χ4v) is 2.27. The zero-order valence-corrected chi connectivity index (χ0v) is 14.7. The van der Waals surface area contributed by atoms with Crippen molar-refractivity contribution in [2.24, 2.45) is 0 Å². The second-order valence-electron chi connectivity index (χ2n) is 5.59. The molecular weight excluding hydrogens is 318 g/mol. The molecular formula is C19H25N3O3. The van der Waals surface area contributed by atoms with Gasteiger partial charge in [0.2, 0.25) is 0 Å². The molecule has 0 unspecified atom stereocenters. The molecule has 1 aromatic heterocycles. The highest BCUT2D eigenvalue weighted by Crippen LogP contribution is 2.14.